The molecule has 2 aromatic rings. The second kappa shape index (κ2) is 5.48. The number of hydrogen-bond donors (Lipinski definition) is 0. The van der Waals surface area contributed by atoms with Crippen molar-refractivity contribution in [1.29, 1.82) is 0 Å². The molecular weight excluding hydrogens is 260 g/mol. The van der Waals surface area contributed by atoms with Crippen LogP contribution in [0, 0.1) is 17.0 Å². The summed E-state index contributed by atoms with van der Waals surface area (Å²) in [6.45, 7) is 3.31. The SMILES string of the molecule is CC(=O)c1ccc(Oc2ccc([N+](=O)[O-])cn2)cc1C. The lowest BCUT2D eigenvalue weighted by Gasteiger charge is -2.07. The molecule has 20 heavy (non-hydrogen) atoms. The molecule has 0 atom stereocenters. The number of benzene rings is 1. The smallest absolute Gasteiger partial charge is 0.287 e. The fourth-order valence-corrected chi connectivity index (χ4v) is 1.76. The number of nitro groups is 1. The van der Waals surface area contributed by atoms with Crippen molar-refractivity contribution in [1.82, 2.24) is 4.98 Å². The van der Waals surface area contributed by atoms with E-state index in [4.69, 9.17) is 4.74 Å². The van der Waals surface area contributed by atoms with Crippen molar-refractivity contribution in [2.75, 3.05) is 0 Å². The second-order valence-electron chi connectivity index (χ2n) is 4.25. The molecule has 0 bridgehead atoms. The van der Waals surface area contributed by atoms with Crippen molar-refractivity contribution in [3.63, 3.8) is 0 Å². The van der Waals surface area contributed by atoms with E-state index in [2.05, 4.69) is 4.98 Å². The molecule has 102 valence electrons. The number of pyridine rings is 1. The van der Waals surface area contributed by atoms with Gasteiger partial charge in [-0.25, -0.2) is 4.98 Å². The number of carbonyl (C=O) groups is 1. The van der Waals surface area contributed by atoms with Crippen LogP contribution in [-0.4, -0.2) is 15.7 Å². The summed E-state index contributed by atoms with van der Waals surface area (Å²) < 4.78 is 5.48. The van der Waals surface area contributed by atoms with Crippen LogP contribution in [0.25, 0.3) is 0 Å². The van der Waals surface area contributed by atoms with Crippen LogP contribution in [-0.2, 0) is 0 Å². The average molecular weight is 272 g/mol. The zero-order valence-electron chi connectivity index (χ0n) is 11.0. The largest absolute Gasteiger partial charge is 0.439 e. The zero-order valence-corrected chi connectivity index (χ0v) is 11.0. The molecule has 2 rings (SSSR count). The Morgan fingerprint density at radius 2 is 2.05 bits per heavy atom. The molecule has 0 fully saturated rings. The van der Waals surface area contributed by atoms with Gasteiger partial charge in [-0.1, -0.05) is 0 Å². The summed E-state index contributed by atoms with van der Waals surface area (Å²) in [6.07, 6.45) is 1.13. The van der Waals surface area contributed by atoms with Gasteiger partial charge < -0.3 is 4.74 Å². The lowest BCUT2D eigenvalue weighted by molar-refractivity contribution is -0.385. The van der Waals surface area contributed by atoms with Crippen molar-refractivity contribution in [3.05, 3.63) is 57.8 Å². The molecular formula is C14H12N2O4. The Morgan fingerprint density at radius 1 is 1.30 bits per heavy atom. The first-order chi connectivity index (χ1) is 9.47. The van der Waals surface area contributed by atoms with Crippen LogP contribution < -0.4 is 4.74 Å². The van der Waals surface area contributed by atoms with Crippen LogP contribution in [0.3, 0.4) is 0 Å². The van der Waals surface area contributed by atoms with Crippen LogP contribution in [0.1, 0.15) is 22.8 Å². The van der Waals surface area contributed by atoms with Crippen LogP contribution in [0.15, 0.2) is 36.5 Å². The molecule has 0 aliphatic carbocycles. The normalized spacial score (nSPS) is 10.1. The Labute approximate surface area is 115 Å². The highest BCUT2D eigenvalue weighted by atomic mass is 16.6. The molecule has 0 amide bonds. The predicted octanol–water partition coefficient (Wildman–Crippen LogP) is 3.29. The van der Waals surface area contributed by atoms with Gasteiger partial charge in [0.25, 0.3) is 5.69 Å². The van der Waals surface area contributed by atoms with E-state index in [1.165, 1.54) is 19.1 Å². The summed E-state index contributed by atoms with van der Waals surface area (Å²) in [5.41, 5.74) is 1.34. The Bertz CT molecular complexity index is 665. The van der Waals surface area contributed by atoms with Gasteiger partial charge in [0.1, 0.15) is 11.9 Å². The molecule has 0 radical (unpaired) electrons. The molecule has 6 heteroatoms. The van der Waals surface area contributed by atoms with E-state index in [0.29, 0.717) is 11.3 Å². The van der Waals surface area contributed by atoms with Gasteiger partial charge >= 0.3 is 0 Å². The van der Waals surface area contributed by atoms with Gasteiger partial charge in [-0.3, -0.25) is 14.9 Å². The van der Waals surface area contributed by atoms with E-state index in [1.807, 2.05) is 6.92 Å². The van der Waals surface area contributed by atoms with Gasteiger partial charge in [0.15, 0.2) is 5.78 Å². The van der Waals surface area contributed by atoms with E-state index in [0.717, 1.165) is 11.8 Å². The number of aryl methyl sites for hydroxylation is 1. The highest BCUT2D eigenvalue weighted by molar-refractivity contribution is 5.95. The molecule has 1 aromatic carbocycles. The van der Waals surface area contributed by atoms with E-state index < -0.39 is 4.92 Å². The number of ether oxygens (including phenoxy) is 1. The highest BCUT2D eigenvalue weighted by Gasteiger charge is 2.08. The highest BCUT2D eigenvalue weighted by Crippen LogP contribution is 2.23. The molecule has 0 saturated carbocycles. The van der Waals surface area contributed by atoms with E-state index in [-0.39, 0.29) is 17.4 Å². The topological polar surface area (TPSA) is 82.3 Å². The Hall–Kier alpha value is -2.76. The third kappa shape index (κ3) is 2.97. The lowest BCUT2D eigenvalue weighted by atomic mass is 10.1. The van der Waals surface area contributed by atoms with Gasteiger partial charge in [0, 0.05) is 17.7 Å². The Kier molecular flexibility index (Phi) is 3.74. The molecule has 6 nitrogen and oxygen atoms in total. The monoisotopic (exact) mass is 272 g/mol. The predicted molar refractivity (Wildman–Crippen MR) is 72.1 cm³/mol. The maximum atomic E-state index is 11.3. The number of aromatic nitrogens is 1. The van der Waals surface area contributed by atoms with Crippen molar-refractivity contribution in [3.8, 4) is 11.6 Å². The van der Waals surface area contributed by atoms with Gasteiger partial charge in [0.2, 0.25) is 5.88 Å². The van der Waals surface area contributed by atoms with E-state index in [1.54, 1.807) is 18.2 Å². The van der Waals surface area contributed by atoms with Gasteiger partial charge in [-0.05, 0) is 37.6 Å². The molecule has 0 spiro atoms. The van der Waals surface area contributed by atoms with Gasteiger partial charge in [0.05, 0.1) is 4.92 Å². The summed E-state index contributed by atoms with van der Waals surface area (Å²) in [5, 5.41) is 10.5. The third-order valence-electron chi connectivity index (χ3n) is 2.73. The minimum absolute atomic E-state index is 0.0116. The summed E-state index contributed by atoms with van der Waals surface area (Å²) in [5.74, 6) is 0.766. The second-order valence-corrected chi connectivity index (χ2v) is 4.25. The minimum Gasteiger partial charge on any atom is -0.439 e. The van der Waals surface area contributed by atoms with Crippen LogP contribution in [0.2, 0.25) is 0 Å². The molecule has 1 aromatic heterocycles. The number of rotatable bonds is 4. The zero-order chi connectivity index (χ0) is 14.7. The summed E-state index contributed by atoms with van der Waals surface area (Å²) in [6, 6.07) is 7.80. The molecule has 1 heterocycles. The fourth-order valence-electron chi connectivity index (χ4n) is 1.76. The third-order valence-corrected chi connectivity index (χ3v) is 2.73. The number of ketones is 1. The number of nitrogens with zero attached hydrogens (tertiary/aromatic N) is 2. The van der Waals surface area contributed by atoms with Crippen LogP contribution in [0.5, 0.6) is 11.6 Å². The Balaban J connectivity index is 2.19. The summed E-state index contributed by atoms with van der Waals surface area (Å²) in [4.78, 5) is 25.2. The summed E-state index contributed by atoms with van der Waals surface area (Å²) >= 11 is 0. The first kappa shape index (κ1) is 13.7. The molecule has 0 N–H and O–H groups in total. The molecule has 0 unspecified atom stereocenters. The molecule has 0 aliphatic heterocycles. The van der Waals surface area contributed by atoms with Crippen molar-refractivity contribution >= 4 is 11.5 Å². The quantitative estimate of drug-likeness (QED) is 0.484. The van der Waals surface area contributed by atoms with Crippen molar-refractivity contribution < 1.29 is 14.5 Å². The first-order valence-electron chi connectivity index (χ1n) is 5.87. The van der Waals surface area contributed by atoms with Gasteiger partial charge in [-0.15, -0.1) is 0 Å². The molecule has 0 aliphatic rings. The standard InChI is InChI=1S/C14H12N2O4/c1-9-7-12(4-5-13(9)10(2)17)20-14-6-3-11(8-15-14)16(18)19/h3-8H,1-2H3. The molecule has 0 saturated heterocycles. The Morgan fingerprint density at radius 3 is 2.55 bits per heavy atom. The summed E-state index contributed by atoms with van der Waals surface area (Å²) in [7, 11) is 0. The van der Waals surface area contributed by atoms with Gasteiger partial charge in [-0.2, -0.15) is 0 Å². The maximum Gasteiger partial charge on any atom is 0.287 e. The van der Waals surface area contributed by atoms with E-state index >= 15 is 0 Å². The minimum atomic E-state index is -0.525. The number of Topliss-reactive ketones (excluding diaryl/α,β-unsaturated/α-hetero) is 1. The lowest BCUT2D eigenvalue weighted by Crippen LogP contribution is -1.97. The number of carbonyl (C=O) groups excluding carboxylic acids is 1. The van der Waals surface area contributed by atoms with Crippen LogP contribution >= 0.6 is 0 Å². The van der Waals surface area contributed by atoms with E-state index in [9.17, 15) is 14.9 Å². The van der Waals surface area contributed by atoms with Crippen molar-refractivity contribution in [2.45, 2.75) is 13.8 Å². The average Bonchev–Trinajstić information content (AvgIpc) is 2.39. The maximum absolute atomic E-state index is 11.3. The fraction of sp³-hybridized carbons (Fsp3) is 0.143. The van der Waals surface area contributed by atoms with Crippen LogP contribution in [0.4, 0.5) is 5.69 Å². The first-order valence-corrected chi connectivity index (χ1v) is 5.87. The number of hydrogen-bond acceptors (Lipinski definition) is 5. The van der Waals surface area contributed by atoms with Crippen molar-refractivity contribution in [2.24, 2.45) is 0 Å².